The van der Waals surface area contributed by atoms with Gasteiger partial charge in [0.05, 0.1) is 11.4 Å². The van der Waals surface area contributed by atoms with E-state index in [9.17, 15) is 4.79 Å². The van der Waals surface area contributed by atoms with Gasteiger partial charge in [0.15, 0.2) is 0 Å². The average molecular weight is 653 g/mol. The second-order valence-corrected chi connectivity index (χ2v) is 12.7. The standard InChI is InChI=1S/C20H20N4O2.C19H20N4/c25-20(26)24-10-8-14(13-24)12-22-19-21-9-7-18(23-19)17-6-5-15-3-1-2-4-16(15)11-17;1-2-4-16-11-17(6-5-15(16)3-1)18-8-10-21-19(23-18)22-13-14-7-9-20-12-14/h1-7,9,11,14H,8,10,12-13H2,(H,25,26)(H,21,22,23);1-6,8,10-11,14,20H,7,9,12-13H2,(H,21,22,23)/t2*14-/m01/s1. The number of likely N-dealkylation sites (tertiary alicyclic amines) is 1. The van der Waals surface area contributed by atoms with Crippen LogP contribution in [0.15, 0.2) is 109 Å². The van der Waals surface area contributed by atoms with Gasteiger partial charge in [-0.05, 0) is 83.6 Å². The summed E-state index contributed by atoms with van der Waals surface area (Å²) in [4.78, 5) is 30.4. The van der Waals surface area contributed by atoms with E-state index in [-0.39, 0.29) is 0 Å². The molecule has 0 spiro atoms. The van der Waals surface area contributed by atoms with Crippen LogP contribution in [0, 0.1) is 11.8 Å². The topological polar surface area (TPSA) is 128 Å². The first-order chi connectivity index (χ1) is 24.1. The van der Waals surface area contributed by atoms with Gasteiger partial charge in [0, 0.05) is 49.7 Å². The Morgan fingerprint density at radius 3 is 1.78 bits per heavy atom. The second kappa shape index (κ2) is 15.1. The number of amides is 1. The molecule has 10 heteroatoms. The van der Waals surface area contributed by atoms with Gasteiger partial charge in [0.2, 0.25) is 11.9 Å². The number of carbonyl (C=O) groups is 1. The highest BCUT2D eigenvalue weighted by Gasteiger charge is 2.25. The third-order valence-electron chi connectivity index (χ3n) is 9.22. The largest absolute Gasteiger partial charge is 0.465 e. The Kier molecular flexibility index (Phi) is 9.84. The molecule has 0 radical (unpaired) electrons. The number of carboxylic acid groups (broad SMARTS) is 1. The SMILES string of the molecule is O=C(O)N1CC[C@@H](CNc2nccc(-c3ccc4ccccc4c3)n2)C1.c1ccc2cc(-c3ccnc(NC[C@@H]4CCNC4)n3)ccc2c1. The second-order valence-electron chi connectivity index (χ2n) is 12.7. The molecule has 10 nitrogen and oxygen atoms in total. The molecule has 4 N–H and O–H groups in total. The Labute approximate surface area is 285 Å². The van der Waals surface area contributed by atoms with E-state index >= 15 is 0 Å². The predicted octanol–water partition coefficient (Wildman–Crippen LogP) is 7.03. The molecule has 4 heterocycles. The summed E-state index contributed by atoms with van der Waals surface area (Å²) in [7, 11) is 0. The molecular weight excluding hydrogens is 612 g/mol. The van der Waals surface area contributed by atoms with E-state index in [2.05, 4.69) is 109 Å². The number of anilines is 2. The number of rotatable bonds is 8. The molecule has 2 aliphatic rings. The van der Waals surface area contributed by atoms with Crippen molar-refractivity contribution in [3.8, 4) is 22.5 Å². The predicted molar refractivity (Wildman–Crippen MR) is 196 cm³/mol. The number of hydrogen-bond acceptors (Lipinski definition) is 8. The van der Waals surface area contributed by atoms with Crippen molar-refractivity contribution in [3.05, 3.63) is 109 Å². The lowest BCUT2D eigenvalue weighted by atomic mass is 10.1. The van der Waals surface area contributed by atoms with Crippen molar-refractivity contribution in [2.45, 2.75) is 12.8 Å². The van der Waals surface area contributed by atoms with Crippen molar-refractivity contribution in [2.24, 2.45) is 11.8 Å². The van der Waals surface area contributed by atoms with Crippen molar-refractivity contribution in [1.82, 2.24) is 30.2 Å². The summed E-state index contributed by atoms with van der Waals surface area (Å²) < 4.78 is 0. The lowest BCUT2D eigenvalue weighted by molar-refractivity contribution is 0.154. The summed E-state index contributed by atoms with van der Waals surface area (Å²) in [5, 5.41) is 23.9. The van der Waals surface area contributed by atoms with Crippen LogP contribution in [0.2, 0.25) is 0 Å². The zero-order chi connectivity index (χ0) is 33.4. The van der Waals surface area contributed by atoms with E-state index in [1.54, 1.807) is 6.20 Å². The molecule has 248 valence electrons. The van der Waals surface area contributed by atoms with Crippen LogP contribution in [0.3, 0.4) is 0 Å². The van der Waals surface area contributed by atoms with E-state index in [1.807, 2.05) is 30.5 Å². The highest BCUT2D eigenvalue weighted by atomic mass is 16.4. The monoisotopic (exact) mass is 652 g/mol. The average Bonchev–Trinajstić information content (AvgIpc) is 3.87. The van der Waals surface area contributed by atoms with Gasteiger partial charge in [-0.1, -0.05) is 72.8 Å². The van der Waals surface area contributed by atoms with Crippen molar-refractivity contribution >= 4 is 39.5 Å². The molecule has 2 atom stereocenters. The minimum Gasteiger partial charge on any atom is -0.465 e. The Morgan fingerprint density at radius 2 is 1.27 bits per heavy atom. The summed E-state index contributed by atoms with van der Waals surface area (Å²) >= 11 is 0. The molecule has 2 aromatic heterocycles. The van der Waals surface area contributed by atoms with Crippen LogP contribution in [0.1, 0.15) is 12.8 Å². The molecule has 0 bridgehead atoms. The van der Waals surface area contributed by atoms with Gasteiger partial charge in [0.25, 0.3) is 0 Å². The zero-order valence-corrected chi connectivity index (χ0v) is 27.3. The van der Waals surface area contributed by atoms with Crippen molar-refractivity contribution in [2.75, 3.05) is 49.9 Å². The maximum Gasteiger partial charge on any atom is 0.407 e. The molecule has 6 aromatic rings. The fourth-order valence-electron chi connectivity index (χ4n) is 6.44. The van der Waals surface area contributed by atoms with E-state index in [1.165, 1.54) is 32.9 Å². The maximum atomic E-state index is 11.0. The van der Waals surface area contributed by atoms with Gasteiger partial charge in [0.1, 0.15) is 0 Å². The first kappa shape index (κ1) is 32.0. The summed E-state index contributed by atoms with van der Waals surface area (Å²) in [5.41, 5.74) is 3.99. The summed E-state index contributed by atoms with van der Waals surface area (Å²) in [5.74, 6) is 2.24. The fourth-order valence-corrected chi connectivity index (χ4v) is 6.44. The van der Waals surface area contributed by atoms with Gasteiger partial charge in [-0.3, -0.25) is 0 Å². The lowest BCUT2D eigenvalue weighted by Gasteiger charge is -2.13. The third-order valence-corrected chi connectivity index (χ3v) is 9.22. The lowest BCUT2D eigenvalue weighted by Crippen LogP contribution is -2.28. The molecular formula is C39H40N8O2. The highest BCUT2D eigenvalue weighted by Crippen LogP contribution is 2.25. The van der Waals surface area contributed by atoms with Crippen LogP contribution in [-0.2, 0) is 0 Å². The van der Waals surface area contributed by atoms with Crippen molar-refractivity contribution in [3.63, 3.8) is 0 Å². The molecule has 2 fully saturated rings. The molecule has 0 aliphatic carbocycles. The smallest absolute Gasteiger partial charge is 0.407 e. The van der Waals surface area contributed by atoms with Crippen LogP contribution >= 0.6 is 0 Å². The summed E-state index contributed by atoms with van der Waals surface area (Å²) in [6.07, 6.45) is 4.81. The summed E-state index contributed by atoms with van der Waals surface area (Å²) in [6.45, 7) is 4.95. The molecule has 4 aromatic carbocycles. The van der Waals surface area contributed by atoms with E-state index in [0.717, 1.165) is 48.6 Å². The van der Waals surface area contributed by atoms with Gasteiger partial charge in [-0.15, -0.1) is 0 Å². The molecule has 2 saturated heterocycles. The number of benzene rings is 4. The minimum atomic E-state index is -0.845. The molecule has 0 saturated carbocycles. The molecule has 2 aliphatic heterocycles. The van der Waals surface area contributed by atoms with Gasteiger partial charge >= 0.3 is 6.09 Å². The van der Waals surface area contributed by atoms with Crippen LogP contribution in [0.5, 0.6) is 0 Å². The van der Waals surface area contributed by atoms with E-state index < -0.39 is 6.09 Å². The molecule has 0 unspecified atom stereocenters. The van der Waals surface area contributed by atoms with Crippen LogP contribution < -0.4 is 16.0 Å². The van der Waals surface area contributed by atoms with E-state index in [4.69, 9.17) is 5.11 Å². The number of nitrogens with zero attached hydrogens (tertiary/aromatic N) is 5. The number of hydrogen-bond donors (Lipinski definition) is 4. The van der Waals surface area contributed by atoms with Crippen molar-refractivity contribution < 1.29 is 9.90 Å². The Hall–Kier alpha value is -5.61. The first-order valence-electron chi connectivity index (χ1n) is 16.9. The van der Waals surface area contributed by atoms with Crippen LogP contribution in [0.25, 0.3) is 44.1 Å². The minimum absolute atomic E-state index is 0.291. The van der Waals surface area contributed by atoms with Crippen molar-refractivity contribution in [1.29, 1.82) is 0 Å². The summed E-state index contributed by atoms with van der Waals surface area (Å²) in [6, 6.07) is 33.2. The first-order valence-corrected chi connectivity index (χ1v) is 16.9. The zero-order valence-electron chi connectivity index (χ0n) is 27.3. The van der Waals surface area contributed by atoms with Gasteiger partial charge < -0.3 is 26.0 Å². The number of fused-ring (bicyclic) bond motifs is 2. The number of aromatic nitrogens is 4. The molecule has 1 amide bonds. The fraction of sp³-hybridized carbons (Fsp3) is 0.256. The van der Waals surface area contributed by atoms with Crippen LogP contribution in [-0.4, -0.2) is 75.3 Å². The maximum absolute atomic E-state index is 11.0. The third kappa shape index (κ3) is 8.10. The quantitative estimate of drug-likeness (QED) is 0.137. The van der Waals surface area contributed by atoms with E-state index in [0.29, 0.717) is 43.4 Å². The Morgan fingerprint density at radius 1 is 0.714 bits per heavy atom. The molecule has 49 heavy (non-hydrogen) atoms. The number of nitrogens with one attached hydrogen (secondary N) is 3. The normalized spacial score (nSPS) is 17.1. The van der Waals surface area contributed by atoms with Crippen LogP contribution in [0.4, 0.5) is 16.7 Å². The molecule has 8 rings (SSSR count). The Balaban J connectivity index is 0.000000155. The van der Waals surface area contributed by atoms with Gasteiger partial charge in [-0.25, -0.2) is 24.7 Å². The van der Waals surface area contributed by atoms with Gasteiger partial charge in [-0.2, -0.15) is 0 Å². The highest BCUT2D eigenvalue weighted by molar-refractivity contribution is 5.87. The Bertz CT molecular complexity index is 2050.